The molecule has 0 radical (unpaired) electrons. The number of benzene rings is 2. The van der Waals surface area contributed by atoms with Crippen molar-refractivity contribution in [3.8, 4) is 11.5 Å². The molecule has 1 aliphatic heterocycles. The van der Waals surface area contributed by atoms with Crippen LogP contribution < -0.4 is 16.2 Å². The van der Waals surface area contributed by atoms with Crippen molar-refractivity contribution in [2.24, 2.45) is 16.5 Å². The van der Waals surface area contributed by atoms with Crippen LogP contribution in [-0.4, -0.2) is 23.4 Å². The predicted molar refractivity (Wildman–Crippen MR) is 88.3 cm³/mol. The van der Waals surface area contributed by atoms with Gasteiger partial charge >= 0.3 is 0 Å². The zero-order valence-corrected chi connectivity index (χ0v) is 12.6. The fourth-order valence-corrected chi connectivity index (χ4v) is 2.45. The maximum Gasteiger partial charge on any atom is 0.197 e. The maximum atomic E-state index is 6.02. The number of ether oxygens (including phenoxy) is 1. The van der Waals surface area contributed by atoms with Crippen LogP contribution in [-0.2, 0) is 6.54 Å². The Morgan fingerprint density at radius 2 is 1.95 bits per heavy atom. The van der Waals surface area contributed by atoms with E-state index in [0.717, 1.165) is 22.7 Å². The van der Waals surface area contributed by atoms with Gasteiger partial charge in [0.2, 0.25) is 0 Å². The molecule has 1 unspecified atom stereocenters. The van der Waals surface area contributed by atoms with E-state index in [4.69, 9.17) is 16.2 Å². The Hall–Kier alpha value is -2.53. The molecule has 0 spiro atoms. The second kappa shape index (κ2) is 6.07. The second-order valence-corrected chi connectivity index (χ2v) is 5.39. The van der Waals surface area contributed by atoms with Crippen molar-refractivity contribution in [2.75, 3.05) is 6.54 Å². The van der Waals surface area contributed by atoms with Crippen molar-refractivity contribution in [1.82, 2.24) is 4.90 Å². The summed E-state index contributed by atoms with van der Waals surface area (Å²) in [7, 11) is 0. The largest absolute Gasteiger partial charge is 0.457 e. The van der Waals surface area contributed by atoms with Gasteiger partial charge in [-0.2, -0.15) is 0 Å². The monoisotopic (exact) mass is 296 g/mol. The lowest BCUT2D eigenvalue weighted by Gasteiger charge is -2.32. The van der Waals surface area contributed by atoms with Crippen LogP contribution in [0.5, 0.6) is 11.5 Å². The quantitative estimate of drug-likeness (QED) is 0.909. The normalized spacial score (nSPS) is 15.0. The SMILES string of the molecule is CC(CN)N1Cc2cc(Oc3ccccc3)ccc2N=C1N. The second-order valence-electron chi connectivity index (χ2n) is 5.39. The van der Waals surface area contributed by atoms with Crippen LogP contribution in [0.25, 0.3) is 0 Å². The topological polar surface area (TPSA) is 76.9 Å². The lowest BCUT2D eigenvalue weighted by Crippen LogP contribution is -2.47. The van der Waals surface area contributed by atoms with Crippen molar-refractivity contribution in [1.29, 1.82) is 0 Å². The standard InChI is InChI=1S/C17H20N4O/c1-12(10-18)21-11-13-9-15(7-8-16(13)20-17(21)19)22-14-5-3-2-4-6-14/h2-9,12H,10-11,18H2,1H3,(H2,19,20). The molecule has 0 aromatic heterocycles. The van der Waals surface area contributed by atoms with Gasteiger partial charge in [0.05, 0.1) is 5.69 Å². The molecule has 22 heavy (non-hydrogen) atoms. The number of hydrogen-bond donors (Lipinski definition) is 2. The minimum absolute atomic E-state index is 0.149. The molecule has 0 aliphatic carbocycles. The first kappa shape index (κ1) is 14.4. The summed E-state index contributed by atoms with van der Waals surface area (Å²) in [5.74, 6) is 2.12. The zero-order valence-electron chi connectivity index (χ0n) is 12.6. The van der Waals surface area contributed by atoms with E-state index in [1.54, 1.807) is 0 Å². The summed E-state index contributed by atoms with van der Waals surface area (Å²) in [6.45, 7) is 3.26. The summed E-state index contributed by atoms with van der Waals surface area (Å²) in [6, 6.07) is 15.7. The van der Waals surface area contributed by atoms with E-state index >= 15 is 0 Å². The first-order chi connectivity index (χ1) is 10.7. The Labute approximate surface area is 130 Å². The van der Waals surface area contributed by atoms with Gasteiger partial charge in [0.25, 0.3) is 0 Å². The number of guanidine groups is 1. The number of rotatable bonds is 4. The van der Waals surface area contributed by atoms with Gasteiger partial charge in [-0.15, -0.1) is 0 Å². The number of fused-ring (bicyclic) bond motifs is 1. The number of nitrogens with two attached hydrogens (primary N) is 2. The Bertz CT molecular complexity index is 684. The molecule has 0 saturated carbocycles. The van der Waals surface area contributed by atoms with E-state index in [1.165, 1.54) is 0 Å². The van der Waals surface area contributed by atoms with E-state index in [9.17, 15) is 0 Å². The molecule has 114 valence electrons. The van der Waals surface area contributed by atoms with Crippen LogP contribution in [0.3, 0.4) is 0 Å². The van der Waals surface area contributed by atoms with E-state index in [2.05, 4.69) is 4.99 Å². The molecule has 0 amide bonds. The minimum atomic E-state index is 0.149. The fraction of sp³-hybridized carbons (Fsp3) is 0.235. The van der Waals surface area contributed by atoms with Gasteiger partial charge in [-0.3, -0.25) is 0 Å². The van der Waals surface area contributed by atoms with Gasteiger partial charge in [0.1, 0.15) is 11.5 Å². The van der Waals surface area contributed by atoms with Crippen molar-refractivity contribution in [2.45, 2.75) is 19.5 Å². The summed E-state index contributed by atoms with van der Waals surface area (Å²) in [6.07, 6.45) is 0. The van der Waals surface area contributed by atoms with Gasteiger partial charge in [-0.25, -0.2) is 4.99 Å². The Morgan fingerprint density at radius 1 is 1.18 bits per heavy atom. The highest BCUT2D eigenvalue weighted by Crippen LogP contribution is 2.31. The summed E-state index contributed by atoms with van der Waals surface area (Å²) < 4.78 is 5.87. The Morgan fingerprint density at radius 3 is 2.68 bits per heavy atom. The van der Waals surface area contributed by atoms with Crippen LogP contribution in [0.2, 0.25) is 0 Å². The average Bonchev–Trinajstić information content (AvgIpc) is 2.55. The van der Waals surface area contributed by atoms with Crippen molar-refractivity contribution >= 4 is 11.6 Å². The van der Waals surface area contributed by atoms with Gasteiger partial charge in [0, 0.05) is 24.7 Å². The van der Waals surface area contributed by atoms with Crippen molar-refractivity contribution in [3.05, 3.63) is 54.1 Å². The summed E-state index contributed by atoms with van der Waals surface area (Å²) >= 11 is 0. The molecule has 0 saturated heterocycles. The lowest BCUT2D eigenvalue weighted by atomic mass is 10.1. The molecule has 3 rings (SSSR count). The van der Waals surface area contributed by atoms with Gasteiger partial charge < -0.3 is 21.1 Å². The van der Waals surface area contributed by atoms with E-state index in [1.807, 2.05) is 60.4 Å². The predicted octanol–water partition coefficient (Wildman–Crippen LogP) is 2.59. The van der Waals surface area contributed by atoms with E-state index in [0.29, 0.717) is 19.0 Å². The number of hydrogen-bond acceptors (Lipinski definition) is 5. The fourth-order valence-electron chi connectivity index (χ4n) is 2.45. The average molecular weight is 296 g/mol. The van der Waals surface area contributed by atoms with Crippen LogP contribution in [0.15, 0.2) is 53.5 Å². The highest BCUT2D eigenvalue weighted by atomic mass is 16.5. The third kappa shape index (κ3) is 2.89. The smallest absolute Gasteiger partial charge is 0.197 e. The molecule has 2 aromatic carbocycles. The third-order valence-corrected chi connectivity index (χ3v) is 3.77. The molecule has 0 fully saturated rings. The molecule has 1 heterocycles. The zero-order chi connectivity index (χ0) is 15.5. The minimum Gasteiger partial charge on any atom is -0.457 e. The number of aliphatic imine (C=N–C) groups is 1. The highest BCUT2D eigenvalue weighted by Gasteiger charge is 2.21. The summed E-state index contributed by atoms with van der Waals surface area (Å²) in [4.78, 5) is 6.46. The molecule has 4 N–H and O–H groups in total. The molecule has 1 atom stereocenters. The first-order valence-corrected chi connectivity index (χ1v) is 7.34. The first-order valence-electron chi connectivity index (χ1n) is 7.34. The Kier molecular flexibility index (Phi) is 3.98. The van der Waals surface area contributed by atoms with Gasteiger partial charge in [0.15, 0.2) is 5.96 Å². The number of para-hydroxylation sites is 1. The van der Waals surface area contributed by atoms with Crippen molar-refractivity contribution < 1.29 is 4.74 Å². The molecule has 5 heteroatoms. The van der Waals surface area contributed by atoms with Gasteiger partial charge in [-0.1, -0.05) is 18.2 Å². The van der Waals surface area contributed by atoms with Gasteiger partial charge in [-0.05, 0) is 37.3 Å². The molecular formula is C17H20N4O. The summed E-state index contributed by atoms with van der Waals surface area (Å²) in [5.41, 5.74) is 13.7. The highest BCUT2D eigenvalue weighted by molar-refractivity contribution is 5.84. The number of nitrogens with zero attached hydrogens (tertiary/aromatic N) is 2. The lowest BCUT2D eigenvalue weighted by molar-refractivity contribution is 0.320. The molecule has 1 aliphatic rings. The summed E-state index contributed by atoms with van der Waals surface area (Å²) in [5, 5.41) is 0. The Balaban J connectivity index is 1.85. The van der Waals surface area contributed by atoms with E-state index in [-0.39, 0.29) is 6.04 Å². The third-order valence-electron chi connectivity index (χ3n) is 3.77. The van der Waals surface area contributed by atoms with Crippen LogP contribution in [0.4, 0.5) is 5.69 Å². The van der Waals surface area contributed by atoms with Crippen molar-refractivity contribution in [3.63, 3.8) is 0 Å². The van der Waals surface area contributed by atoms with Crippen LogP contribution in [0.1, 0.15) is 12.5 Å². The molecule has 5 nitrogen and oxygen atoms in total. The molecule has 2 aromatic rings. The van der Waals surface area contributed by atoms with Crippen LogP contribution >= 0.6 is 0 Å². The van der Waals surface area contributed by atoms with Crippen LogP contribution in [0, 0.1) is 0 Å². The maximum absolute atomic E-state index is 6.02. The molecule has 0 bridgehead atoms. The molecular weight excluding hydrogens is 276 g/mol. The van der Waals surface area contributed by atoms with E-state index < -0.39 is 0 Å².